The third-order valence-corrected chi connectivity index (χ3v) is 6.36. The first kappa shape index (κ1) is 16.3. The predicted octanol–water partition coefficient (Wildman–Crippen LogP) is 3.98. The molecule has 0 spiro atoms. The van der Waals surface area contributed by atoms with Crippen molar-refractivity contribution in [2.75, 3.05) is 0 Å². The summed E-state index contributed by atoms with van der Waals surface area (Å²) < 4.78 is 0. The van der Waals surface area contributed by atoms with Crippen molar-refractivity contribution in [1.29, 1.82) is 15.8 Å². The number of allylic oxidation sites excluding steroid dienone is 4. The van der Waals surface area contributed by atoms with Crippen molar-refractivity contribution in [1.82, 2.24) is 0 Å². The van der Waals surface area contributed by atoms with Crippen LogP contribution >= 0.6 is 11.3 Å². The fourth-order valence-corrected chi connectivity index (χ4v) is 5.03. The number of nitrogens with two attached hydrogens (primary N) is 1. The molecule has 0 aromatic carbocycles. The Balaban J connectivity index is 2.29. The molecule has 4 nitrogen and oxygen atoms in total. The van der Waals surface area contributed by atoms with Crippen molar-refractivity contribution in [3.05, 3.63) is 45.3 Å². The number of hydrogen-bond donors (Lipinski definition) is 1. The average Bonchev–Trinajstić information content (AvgIpc) is 3.14. The first-order valence-electron chi connectivity index (χ1n) is 8.09. The highest BCUT2D eigenvalue weighted by atomic mass is 32.1. The molecule has 0 saturated carbocycles. The van der Waals surface area contributed by atoms with E-state index in [0.717, 1.165) is 29.7 Å². The Morgan fingerprint density at radius 3 is 2.62 bits per heavy atom. The zero-order chi connectivity index (χ0) is 17.3. The van der Waals surface area contributed by atoms with Crippen molar-refractivity contribution >= 4 is 11.3 Å². The molecular weight excluding hydrogens is 316 g/mol. The molecule has 0 amide bonds. The second kappa shape index (κ2) is 6.16. The lowest BCUT2D eigenvalue weighted by Crippen LogP contribution is -2.43. The van der Waals surface area contributed by atoms with Crippen molar-refractivity contribution in [3.63, 3.8) is 0 Å². The van der Waals surface area contributed by atoms with Crippen molar-refractivity contribution in [2.45, 2.75) is 32.1 Å². The molecule has 2 N–H and O–H groups in total. The van der Waals surface area contributed by atoms with Crippen LogP contribution in [0.1, 0.15) is 37.0 Å². The Morgan fingerprint density at radius 1 is 1.33 bits per heavy atom. The molecule has 2 aliphatic carbocycles. The van der Waals surface area contributed by atoms with Gasteiger partial charge in [-0.3, -0.25) is 0 Å². The van der Waals surface area contributed by atoms with Crippen LogP contribution in [0.2, 0.25) is 0 Å². The van der Waals surface area contributed by atoms with E-state index in [-0.39, 0.29) is 17.5 Å². The summed E-state index contributed by atoms with van der Waals surface area (Å²) in [7, 11) is 0. The second-order valence-electron chi connectivity index (χ2n) is 6.44. The van der Waals surface area contributed by atoms with Crippen LogP contribution in [0.4, 0.5) is 0 Å². The minimum Gasteiger partial charge on any atom is -0.399 e. The van der Waals surface area contributed by atoms with Crippen molar-refractivity contribution < 1.29 is 0 Å². The average molecular weight is 334 g/mol. The predicted molar refractivity (Wildman–Crippen MR) is 92.1 cm³/mol. The zero-order valence-corrected chi connectivity index (χ0v) is 14.3. The molecule has 0 saturated heterocycles. The van der Waals surface area contributed by atoms with Gasteiger partial charge in [-0.2, -0.15) is 15.8 Å². The van der Waals surface area contributed by atoms with Gasteiger partial charge in [-0.05, 0) is 41.7 Å². The molecular formula is C19H18N4S. The lowest BCUT2D eigenvalue weighted by Gasteiger charge is -2.44. The van der Waals surface area contributed by atoms with Gasteiger partial charge in [0.15, 0.2) is 5.41 Å². The number of fused-ring (bicyclic) bond motifs is 1. The van der Waals surface area contributed by atoms with Gasteiger partial charge < -0.3 is 5.73 Å². The van der Waals surface area contributed by atoms with Gasteiger partial charge in [-0.1, -0.05) is 25.5 Å². The van der Waals surface area contributed by atoms with E-state index in [0.29, 0.717) is 11.5 Å². The van der Waals surface area contributed by atoms with E-state index < -0.39 is 5.41 Å². The van der Waals surface area contributed by atoms with Gasteiger partial charge in [-0.25, -0.2) is 0 Å². The molecule has 3 atom stereocenters. The molecule has 0 unspecified atom stereocenters. The Labute approximate surface area is 146 Å². The third-order valence-electron chi connectivity index (χ3n) is 5.40. The molecule has 3 rings (SSSR count). The highest BCUT2D eigenvalue weighted by Gasteiger charge is 2.54. The van der Waals surface area contributed by atoms with E-state index in [2.05, 4.69) is 31.2 Å². The normalized spacial score (nSPS) is 28.1. The van der Waals surface area contributed by atoms with E-state index in [4.69, 9.17) is 5.73 Å². The van der Waals surface area contributed by atoms with Crippen molar-refractivity contribution in [3.8, 4) is 18.2 Å². The number of thiophene rings is 1. The minimum absolute atomic E-state index is 0.0106. The molecule has 1 aromatic rings. The van der Waals surface area contributed by atoms with Gasteiger partial charge in [0.1, 0.15) is 6.07 Å². The molecule has 0 fully saturated rings. The lowest BCUT2D eigenvalue weighted by molar-refractivity contribution is 0.274. The van der Waals surface area contributed by atoms with Crippen LogP contribution in [0.25, 0.3) is 0 Å². The standard InChI is InChI=1S/C19H18N4S/c1-2-12-5-6-13-14(8-12)17(16-4-3-7-24-16)19(10-21,11-22)18(23)15(13)9-20/h3-4,6-7,12,14,17H,2,5,8,23H2,1H3/t12-,14+,17-/m1/s1. The Hall–Kier alpha value is -2.55. The zero-order valence-electron chi connectivity index (χ0n) is 13.5. The Morgan fingerprint density at radius 2 is 2.08 bits per heavy atom. The molecule has 0 radical (unpaired) electrons. The smallest absolute Gasteiger partial charge is 0.192 e. The SMILES string of the molecule is CC[C@@H]1CC=C2C(C#N)=C(N)C(C#N)(C#N)[C@@H](c3cccs3)[C@H]2C1. The minimum atomic E-state index is -1.48. The van der Waals surface area contributed by atoms with Gasteiger partial charge in [0.05, 0.1) is 23.4 Å². The second-order valence-corrected chi connectivity index (χ2v) is 7.42. The van der Waals surface area contributed by atoms with E-state index in [1.165, 1.54) is 0 Å². The monoisotopic (exact) mass is 334 g/mol. The summed E-state index contributed by atoms with van der Waals surface area (Å²) >= 11 is 1.55. The maximum atomic E-state index is 9.90. The van der Waals surface area contributed by atoms with Crippen LogP contribution in [0.3, 0.4) is 0 Å². The van der Waals surface area contributed by atoms with E-state index in [1.807, 2.05) is 17.5 Å². The van der Waals surface area contributed by atoms with E-state index in [1.54, 1.807) is 11.3 Å². The lowest BCUT2D eigenvalue weighted by atomic mass is 9.57. The van der Waals surface area contributed by atoms with Gasteiger partial charge in [-0.15, -0.1) is 11.3 Å². The van der Waals surface area contributed by atoms with Gasteiger partial charge in [0, 0.05) is 10.8 Å². The molecule has 5 heteroatoms. The number of nitrogens with zero attached hydrogens (tertiary/aromatic N) is 3. The summed E-state index contributed by atoms with van der Waals surface area (Å²) in [5.41, 5.74) is 6.14. The largest absolute Gasteiger partial charge is 0.399 e. The summed E-state index contributed by atoms with van der Waals surface area (Å²) in [5.74, 6) is 0.185. The van der Waals surface area contributed by atoms with Gasteiger partial charge >= 0.3 is 0 Å². The topological polar surface area (TPSA) is 97.4 Å². The van der Waals surface area contributed by atoms with Crippen LogP contribution in [-0.2, 0) is 0 Å². The first-order valence-corrected chi connectivity index (χ1v) is 8.97. The maximum absolute atomic E-state index is 9.90. The van der Waals surface area contributed by atoms with Gasteiger partial charge in [0.2, 0.25) is 0 Å². The molecule has 1 aromatic heterocycles. The molecule has 0 aliphatic heterocycles. The van der Waals surface area contributed by atoms with E-state index in [9.17, 15) is 15.8 Å². The molecule has 0 bridgehead atoms. The Bertz CT molecular complexity index is 812. The highest BCUT2D eigenvalue weighted by molar-refractivity contribution is 7.10. The molecule has 2 aliphatic rings. The highest BCUT2D eigenvalue weighted by Crippen LogP contribution is 2.57. The first-order chi connectivity index (χ1) is 11.6. The summed E-state index contributed by atoms with van der Waals surface area (Å²) in [6, 6.07) is 10.4. The van der Waals surface area contributed by atoms with Crippen LogP contribution < -0.4 is 5.73 Å². The Kier molecular flexibility index (Phi) is 4.18. The molecule has 120 valence electrons. The van der Waals surface area contributed by atoms with Crippen LogP contribution in [0.5, 0.6) is 0 Å². The van der Waals surface area contributed by atoms with Crippen molar-refractivity contribution in [2.24, 2.45) is 23.0 Å². The van der Waals surface area contributed by atoms with Crippen LogP contribution in [-0.4, -0.2) is 0 Å². The summed E-state index contributed by atoms with van der Waals surface area (Å²) in [5, 5.41) is 31.4. The summed E-state index contributed by atoms with van der Waals surface area (Å²) in [6.07, 6.45) is 4.95. The van der Waals surface area contributed by atoms with Crippen LogP contribution in [0, 0.1) is 51.2 Å². The summed E-state index contributed by atoms with van der Waals surface area (Å²) in [6.45, 7) is 2.16. The number of hydrogen-bond acceptors (Lipinski definition) is 5. The number of nitriles is 3. The molecule has 1 heterocycles. The third kappa shape index (κ3) is 2.15. The maximum Gasteiger partial charge on any atom is 0.192 e. The summed E-state index contributed by atoms with van der Waals surface area (Å²) in [4.78, 5) is 0.991. The fraction of sp³-hybridized carbons (Fsp3) is 0.421. The van der Waals surface area contributed by atoms with Gasteiger partial charge in [0.25, 0.3) is 0 Å². The molecule has 24 heavy (non-hydrogen) atoms. The number of rotatable bonds is 2. The van der Waals surface area contributed by atoms with E-state index >= 15 is 0 Å². The quantitative estimate of drug-likeness (QED) is 0.884. The van der Waals surface area contributed by atoms with Crippen LogP contribution in [0.15, 0.2) is 40.4 Å². The fourth-order valence-electron chi connectivity index (χ4n) is 4.07.